The monoisotopic (exact) mass is 145 g/mol. The molecular formula is C7H15NO2. The fourth-order valence-corrected chi connectivity index (χ4v) is 1.11. The fourth-order valence-electron chi connectivity index (χ4n) is 1.11. The lowest BCUT2D eigenvalue weighted by atomic mass is 10.1. The molecule has 1 fully saturated rings. The van der Waals surface area contributed by atoms with Crippen molar-refractivity contribution < 1.29 is 9.84 Å². The Bertz CT molecular complexity index is 97.6. The smallest absolute Gasteiger partial charge is 0.0835 e. The zero-order valence-corrected chi connectivity index (χ0v) is 6.34. The van der Waals surface area contributed by atoms with E-state index in [9.17, 15) is 5.11 Å². The van der Waals surface area contributed by atoms with E-state index in [0.29, 0.717) is 19.1 Å². The van der Waals surface area contributed by atoms with Crippen LogP contribution in [0.4, 0.5) is 0 Å². The van der Waals surface area contributed by atoms with Crippen LogP contribution < -0.4 is 5.32 Å². The third-order valence-electron chi connectivity index (χ3n) is 1.82. The first kappa shape index (κ1) is 7.98. The third kappa shape index (κ3) is 1.94. The van der Waals surface area contributed by atoms with Gasteiger partial charge >= 0.3 is 0 Å². The van der Waals surface area contributed by atoms with Gasteiger partial charge in [-0.05, 0) is 6.54 Å². The van der Waals surface area contributed by atoms with Crippen LogP contribution in [0.25, 0.3) is 0 Å². The summed E-state index contributed by atoms with van der Waals surface area (Å²) in [5.41, 5.74) is 0. The molecule has 1 unspecified atom stereocenters. The highest BCUT2D eigenvalue weighted by Gasteiger charge is 2.24. The summed E-state index contributed by atoms with van der Waals surface area (Å²) in [6.07, 6.45) is -0.251. The van der Waals surface area contributed by atoms with Gasteiger partial charge in [-0.25, -0.2) is 0 Å². The van der Waals surface area contributed by atoms with E-state index in [2.05, 4.69) is 12.2 Å². The Kier molecular flexibility index (Phi) is 3.12. The maximum atomic E-state index is 9.25. The molecule has 3 nitrogen and oxygen atoms in total. The zero-order chi connectivity index (χ0) is 7.40. The summed E-state index contributed by atoms with van der Waals surface area (Å²) >= 11 is 0. The number of hydrogen-bond acceptors (Lipinski definition) is 3. The van der Waals surface area contributed by atoms with Gasteiger partial charge in [0.1, 0.15) is 0 Å². The van der Waals surface area contributed by atoms with Gasteiger partial charge < -0.3 is 15.2 Å². The molecule has 2 atom stereocenters. The quantitative estimate of drug-likeness (QED) is 0.568. The lowest BCUT2D eigenvalue weighted by molar-refractivity contribution is 0.118. The molecular weight excluding hydrogens is 130 g/mol. The minimum Gasteiger partial charge on any atom is -0.390 e. The lowest BCUT2D eigenvalue weighted by Gasteiger charge is -2.11. The third-order valence-corrected chi connectivity index (χ3v) is 1.82. The zero-order valence-electron chi connectivity index (χ0n) is 6.34. The molecule has 0 radical (unpaired) electrons. The van der Waals surface area contributed by atoms with Crippen LogP contribution in [0.15, 0.2) is 0 Å². The number of rotatable bonds is 3. The number of ether oxygens (including phenoxy) is 1. The van der Waals surface area contributed by atoms with Crippen LogP contribution in [0.1, 0.15) is 6.92 Å². The van der Waals surface area contributed by atoms with E-state index in [-0.39, 0.29) is 6.10 Å². The van der Waals surface area contributed by atoms with Crippen LogP contribution in [-0.4, -0.2) is 37.5 Å². The highest BCUT2D eigenvalue weighted by Crippen LogP contribution is 2.11. The fraction of sp³-hybridized carbons (Fsp3) is 1.00. The van der Waals surface area contributed by atoms with E-state index >= 15 is 0 Å². The molecule has 0 bridgehead atoms. The van der Waals surface area contributed by atoms with Crippen LogP contribution in [0.2, 0.25) is 0 Å². The molecule has 0 spiro atoms. The van der Waals surface area contributed by atoms with Crippen LogP contribution in [0, 0.1) is 5.92 Å². The molecule has 10 heavy (non-hydrogen) atoms. The van der Waals surface area contributed by atoms with Crippen LogP contribution in [0.3, 0.4) is 0 Å². The summed E-state index contributed by atoms with van der Waals surface area (Å²) in [5, 5.41) is 12.4. The van der Waals surface area contributed by atoms with Gasteiger partial charge in [0.05, 0.1) is 19.3 Å². The van der Waals surface area contributed by atoms with Gasteiger partial charge in [-0.15, -0.1) is 0 Å². The molecule has 1 saturated heterocycles. The number of hydrogen-bond donors (Lipinski definition) is 2. The normalized spacial score (nSPS) is 33.0. The SMILES string of the molecule is CCNCC1COC[C@@H]1O. The van der Waals surface area contributed by atoms with Gasteiger partial charge in [-0.1, -0.05) is 6.92 Å². The molecule has 0 aliphatic carbocycles. The summed E-state index contributed by atoms with van der Waals surface area (Å²) < 4.78 is 5.08. The van der Waals surface area contributed by atoms with E-state index in [0.717, 1.165) is 13.1 Å². The van der Waals surface area contributed by atoms with Gasteiger partial charge in [0.15, 0.2) is 0 Å². The van der Waals surface area contributed by atoms with Crippen molar-refractivity contribution in [2.24, 2.45) is 5.92 Å². The highest BCUT2D eigenvalue weighted by molar-refractivity contribution is 4.75. The first-order valence-electron chi connectivity index (χ1n) is 3.81. The van der Waals surface area contributed by atoms with Crippen molar-refractivity contribution in [2.75, 3.05) is 26.3 Å². The van der Waals surface area contributed by atoms with Crippen LogP contribution >= 0.6 is 0 Å². The second-order valence-electron chi connectivity index (χ2n) is 2.67. The van der Waals surface area contributed by atoms with Crippen LogP contribution in [-0.2, 0) is 4.74 Å². The first-order valence-corrected chi connectivity index (χ1v) is 3.81. The molecule has 60 valence electrons. The van der Waals surface area contributed by atoms with Crippen LogP contribution in [0.5, 0.6) is 0 Å². The molecule has 0 aromatic carbocycles. The van der Waals surface area contributed by atoms with Gasteiger partial charge in [0.2, 0.25) is 0 Å². The van der Waals surface area contributed by atoms with E-state index in [1.165, 1.54) is 0 Å². The predicted octanol–water partition coefficient (Wildman–Crippen LogP) is -0.397. The van der Waals surface area contributed by atoms with Crippen molar-refractivity contribution in [1.82, 2.24) is 5.32 Å². The lowest BCUT2D eigenvalue weighted by Crippen LogP contribution is -2.30. The van der Waals surface area contributed by atoms with E-state index in [1.807, 2.05) is 0 Å². The topological polar surface area (TPSA) is 41.5 Å². The molecule has 0 aromatic heterocycles. The van der Waals surface area contributed by atoms with Crippen molar-refractivity contribution in [1.29, 1.82) is 0 Å². The Morgan fingerprint density at radius 3 is 2.90 bits per heavy atom. The average Bonchev–Trinajstić information content (AvgIpc) is 2.31. The molecule has 0 amide bonds. The molecule has 3 heteroatoms. The van der Waals surface area contributed by atoms with Gasteiger partial charge in [-0.2, -0.15) is 0 Å². The van der Waals surface area contributed by atoms with Crippen molar-refractivity contribution in [2.45, 2.75) is 13.0 Å². The van der Waals surface area contributed by atoms with Gasteiger partial charge in [-0.3, -0.25) is 0 Å². The Hall–Kier alpha value is -0.120. The van der Waals surface area contributed by atoms with E-state index in [1.54, 1.807) is 0 Å². The molecule has 1 aliphatic rings. The first-order chi connectivity index (χ1) is 4.84. The van der Waals surface area contributed by atoms with Crippen molar-refractivity contribution >= 4 is 0 Å². The summed E-state index contributed by atoms with van der Waals surface area (Å²) in [5.74, 6) is 0.306. The molecule has 1 aliphatic heterocycles. The van der Waals surface area contributed by atoms with Gasteiger partial charge in [0, 0.05) is 12.5 Å². The van der Waals surface area contributed by atoms with Crippen molar-refractivity contribution in [3.63, 3.8) is 0 Å². The van der Waals surface area contributed by atoms with Crippen molar-refractivity contribution in [3.05, 3.63) is 0 Å². The maximum Gasteiger partial charge on any atom is 0.0835 e. The van der Waals surface area contributed by atoms with Crippen molar-refractivity contribution in [3.8, 4) is 0 Å². The maximum absolute atomic E-state index is 9.25. The summed E-state index contributed by atoms with van der Waals surface area (Å²) in [7, 11) is 0. The average molecular weight is 145 g/mol. The largest absolute Gasteiger partial charge is 0.390 e. The predicted molar refractivity (Wildman–Crippen MR) is 38.9 cm³/mol. The van der Waals surface area contributed by atoms with Gasteiger partial charge in [0.25, 0.3) is 0 Å². The Balaban J connectivity index is 2.14. The molecule has 2 N–H and O–H groups in total. The summed E-state index contributed by atoms with van der Waals surface area (Å²) in [6, 6.07) is 0. The molecule has 0 aromatic rings. The molecule has 1 rings (SSSR count). The Labute approximate surface area is 61.4 Å². The summed E-state index contributed by atoms with van der Waals surface area (Å²) in [4.78, 5) is 0. The second kappa shape index (κ2) is 3.91. The second-order valence-corrected chi connectivity index (χ2v) is 2.67. The molecule has 1 heterocycles. The van der Waals surface area contributed by atoms with E-state index < -0.39 is 0 Å². The number of aliphatic hydroxyl groups is 1. The summed E-state index contributed by atoms with van der Waals surface area (Å²) in [6.45, 7) is 5.10. The highest BCUT2D eigenvalue weighted by atomic mass is 16.5. The minimum absolute atomic E-state index is 0.251. The molecule has 0 saturated carbocycles. The standard InChI is InChI=1S/C7H15NO2/c1-2-8-3-6-4-10-5-7(6)9/h6-9H,2-5H2,1H3/t6?,7-/m0/s1. The Morgan fingerprint density at radius 2 is 2.40 bits per heavy atom. The Morgan fingerprint density at radius 1 is 1.60 bits per heavy atom. The number of nitrogens with one attached hydrogen (secondary N) is 1. The number of aliphatic hydroxyl groups excluding tert-OH is 1. The minimum atomic E-state index is -0.251. The van der Waals surface area contributed by atoms with E-state index in [4.69, 9.17) is 4.74 Å².